The van der Waals surface area contributed by atoms with Crippen molar-refractivity contribution in [3.05, 3.63) is 18.5 Å². The largest absolute Gasteiger partial charge is 0.354 e. The van der Waals surface area contributed by atoms with E-state index in [1.165, 1.54) is 19.4 Å². The fourth-order valence-corrected chi connectivity index (χ4v) is 1.75. The zero-order valence-corrected chi connectivity index (χ0v) is 8.24. The molecule has 2 N–H and O–H groups in total. The van der Waals surface area contributed by atoms with E-state index in [4.69, 9.17) is 0 Å². The van der Waals surface area contributed by atoms with Gasteiger partial charge in [-0.1, -0.05) is 0 Å². The molecule has 0 aromatic carbocycles. The van der Waals surface area contributed by atoms with Crippen LogP contribution in [0.2, 0.25) is 0 Å². The maximum absolute atomic E-state index is 4.10. The van der Waals surface area contributed by atoms with Crippen LogP contribution >= 0.6 is 0 Å². The Bertz CT molecular complexity index is 256. The summed E-state index contributed by atoms with van der Waals surface area (Å²) in [6.07, 6.45) is 7.27. The molecule has 0 amide bonds. The number of nitrogens with one attached hydrogen (secondary N) is 2. The number of aromatic nitrogens is 2. The average molecular weight is 192 g/mol. The topological polar surface area (TPSA) is 49.8 Å². The first kappa shape index (κ1) is 9.40. The summed E-state index contributed by atoms with van der Waals surface area (Å²) < 4.78 is 0. The molecule has 2 heterocycles. The first-order chi connectivity index (χ1) is 6.95. The fraction of sp³-hybridized carbons (Fsp3) is 0.600. The van der Waals surface area contributed by atoms with Crippen LogP contribution in [0.3, 0.4) is 0 Å². The van der Waals surface area contributed by atoms with Gasteiger partial charge in [-0.2, -0.15) is 0 Å². The van der Waals surface area contributed by atoms with Crippen molar-refractivity contribution in [2.45, 2.75) is 25.3 Å². The van der Waals surface area contributed by atoms with Crippen molar-refractivity contribution in [2.24, 2.45) is 0 Å². The van der Waals surface area contributed by atoms with Gasteiger partial charge in [-0.15, -0.1) is 0 Å². The molecular formula is C10H16N4. The van der Waals surface area contributed by atoms with Crippen molar-refractivity contribution in [1.29, 1.82) is 0 Å². The van der Waals surface area contributed by atoms with Crippen LogP contribution in [0.1, 0.15) is 19.3 Å². The number of hydrogen-bond acceptors (Lipinski definition) is 4. The van der Waals surface area contributed by atoms with E-state index < -0.39 is 0 Å². The Labute approximate surface area is 84.2 Å². The van der Waals surface area contributed by atoms with Gasteiger partial charge in [-0.3, -0.25) is 0 Å². The number of anilines is 1. The van der Waals surface area contributed by atoms with Crippen LogP contribution < -0.4 is 10.6 Å². The van der Waals surface area contributed by atoms with Gasteiger partial charge < -0.3 is 10.6 Å². The summed E-state index contributed by atoms with van der Waals surface area (Å²) in [5, 5.41) is 6.67. The Morgan fingerprint density at radius 3 is 3.00 bits per heavy atom. The Hall–Kier alpha value is -1.16. The lowest BCUT2D eigenvalue weighted by Gasteiger charge is -2.10. The number of rotatable bonds is 4. The van der Waals surface area contributed by atoms with E-state index in [9.17, 15) is 0 Å². The van der Waals surface area contributed by atoms with E-state index in [0.717, 1.165) is 18.9 Å². The molecule has 0 radical (unpaired) electrons. The van der Waals surface area contributed by atoms with Gasteiger partial charge in [-0.25, -0.2) is 9.97 Å². The van der Waals surface area contributed by atoms with Crippen LogP contribution in [-0.2, 0) is 0 Å². The van der Waals surface area contributed by atoms with Crippen LogP contribution in [0.25, 0.3) is 0 Å². The van der Waals surface area contributed by atoms with Crippen molar-refractivity contribution in [2.75, 3.05) is 18.4 Å². The van der Waals surface area contributed by atoms with Gasteiger partial charge in [-0.05, 0) is 31.9 Å². The summed E-state index contributed by atoms with van der Waals surface area (Å²) in [6.45, 7) is 2.12. The van der Waals surface area contributed by atoms with Crippen LogP contribution in [-0.4, -0.2) is 29.1 Å². The normalized spacial score (nSPS) is 21.0. The first-order valence-electron chi connectivity index (χ1n) is 5.19. The maximum Gasteiger partial charge on any atom is 0.222 e. The zero-order valence-electron chi connectivity index (χ0n) is 8.24. The average Bonchev–Trinajstić information content (AvgIpc) is 2.72. The summed E-state index contributed by atoms with van der Waals surface area (Å²) in [5.41, 5.74) is 0. The van der Waals surface area contributed by atoms with E-state index in [1.54, 1.807) is 12.4 Å². The van der Waals surface area contributed by atoms with Crippen LogP contribution in [0.5, 0.6) is 0 Å². The minimum Gasteiger partial charge on any atom is -0.354 e. The van der Waals surface area contributed by atoms with E-state index in [1.807, 2.05) is 6.07 Å². The Morgan fingerprint density at radius 2 is 2.29 bits per heavy atom. The molecule has 0 unspecified atom stereocenters. The second kappa shape index (κ2) is 4.91. The smallest absolute Gasteiger partial charge is 0.222 e. The molecule has 0 saturated carbocycles. The molecule has 1 aromatic heterocycles. The van der Waals surface area contributed by atoms with Gasteiger partial charge in [0.2, 0.25) is 5.95 Å². The Kier molecular flexibility index (Phi) is 3.29. The second-order valence-electron chi connectivity index (χ2n) is 3.58. The number of nitrogens with zero attached hydrogens (tertiary/aromatic N) is 2. The van der Waals surface area contributed by atoms with Gasteiger partial charge >= 0.3 is 0 Å². The van der Waals surface area contributed by atoms with Gasteiger partial charge in [0.1, 0.15) is 0 Å². The lowest BCUT2D eigenvalue weighted by molar-refractivity contribution is 0.573. The summed E-state index contributed by atoms with van der Waals surface area (Å²) >= 11 is 0. The van der Waals surface area contributed by atoms with E-state index in [0.29, 0.717) is 6.04 Å². The molecule has 4 nitrogen and oxygen atoms in total. The van der Waals surface area contributed by atoms with Crippen molar-refractivity contribution < 1.29 is 0 Å². The highest BCUT2D eigenvalue weighted by molar-refractivity contribution is 5.21. The molecule has 1 aliphatic heterocycles. The molecule has 4 heteroatoms. The van der Waals surface area contributed by atoms with Crippen LogP contribution in [0.15, 0.2) is 18.5 Å². The zero-order chi connectivity index (χ0) is 9.64. The molecule has 1 atom stereocenters. The van der Waals surface area contributed by atoms with Crippen LogP contribution in [0, 0.1) is 0 Å². The molecular weight excluding hydrogens is 176 g/mol. The van der Waals surface area contributed by atoms with Crippen molar-refractivity contribution >= 4 is 5.95 Å². The lowest BCUT2D eigenvalue weighted by atomic mass is 10.1. The molecule has 2 rings (SSSR count). The molecule has 14 heavy (non-hydrogen) atoms. The third kappa shape index (κ3) is 2.67. The standard InChI is InChI=1S/C10H16N4/c1-3-9(11-5-1)4-8-14-10-12-6-2-7-13-10/h2,6-7,9,11H,1,3-5,8H2,(H,12,13,14)/t9-/m0/s1. The lowest BCUT2D eigenvalue weighted by Crippen LogP contribution is -2.24. The first-order valence-corrected chi connectivity index (χ1v) is 5.19. The summed E-state index contributed by atoms with van der Waals surface area (Å²) in [7, 11) is 0. The summed E-state index contributed by atoms with van der Waals surface area (Å²) in [6, 6.07) is 2.51. The Morgan fingerprint density at radius 1 is 1.43 bits per heavy atom. The summed E-state index contributed by atoms with van der Waals surface area (Å²) in [5.74, 6) is 0.727. The SMILES string of the molecule is c1cnc(NCC[C@@H]2CCCN2)nc1. The number of hydrogen-bond donors (Lipinski definition) is 2. The molecule has 1 fully saturated rings. The van der Waals surface area contributed by atoms with Crippen molar-refractivity contribution in [3.8, 4) is 0 Å². The molecule has 1 aromatic rings. The van der Waals surface area contributed by atoms with Gasteiger partial charge in [0.05, 0.1) is 0 Å². The molecule has 0 bridgehead atoms. The predicted octanol–water partition coefficient (Wildman–Crippen LogP) is 1.03. The third-order valence-corrected chi connectivity index (χ3v) is 2.50. The molecule has 0 spiro atoms. The minimum absolute atomic E-state index is 0.686. The third-order valence-electron chi connectivity index (χ3n) is 2.50. The highest BCUT2D eigenvalue weighted by Gasteiger charge is 2.12. The molecule has 76 valence electrons. The summed E-state index contributed by atoms with van der Waals surface area (Å²) in [4.78, 5) is 8.20. The predicted molar refractivity (Wildman–Crippen MR) is 56.2 cm³/mol. The molecule has 1 saturated heterocycles. The minimum atomic E-state index is 0.686. The fourth-order valence-electron chi connectivity index (χ4n) is 1.75. The van der Waals surface area contributed by atoms with Crippen molar-refractivity contribution in [1.82, 2.24) is 15.3 Å². The van der Waals surface area contributed by atoms with E-state index in [-0.39, 0.29) is 0 Å². The van der Waals surface area contributed by atoms with Crippen molar-refractivity contribution in [3.63, 3.8) is 0 Å². The quantitative estimate of drug-likeness (QED) is 0.748. The van der Waals surface area contributed by atoms with E-state index >= 15 is 0 Å². The highest BCUT2D eigenvalue weighted by Crippen LogP contribution is 2.08. The highest BCUT2D eigenvalue weighted by atomic mass is 15.1. The maximum atomic E-state index is 4.10. The van der Waals surface area contributed by atoms with Gasteiger partial charge in [0, 0.05) is 25.0 Å². The van der Waals surface area contributed by atoms with E-state index in [2.05, 4.69) is 20.6 Å². The second-order valence-corrected chi connectivity index (χ2v) is 3.58. The molecule has 0 aliphatic carbocycles. The van der Waals surface area contributed by atoms with Gasteiger partial charge in [0.25, 0.3) is 0 Å². The van der Waals surface area contributed by atoms with Gasteiger partial charge in [0.15, 0.2) is 0 Å². The van der Waals surface area contributed by atoms with Crippen LogP contribution in [0.4, 0.5) is 5.95 Å². The monoisotopic (exact) mass is 192 g/mol. The molecule has 1 aliphatic rings. The Balaban J connectivity index is 1.67.